The monoisotopic (exact) mass is 351 g/mol. The molecule has 0 fully saturated rings. The second kappa shape index (κ2) is 7.57. The summed E-state index contributed by atoms with van der Waals surface area (Å²) in [4.78, 5) is 17.4. The summed E-state index contributed by atoms with van der Waals surface area (Å²) in [6.07, 6.45) is 3.62. The lowest BCUT2D eigenvalue weighted by molar-refractivity contribution is -0.115. The van der Waals surface area contributed by atoms with E-state index in [0.29, 0.717) is 0 Å². The van der Waals surface area contributed by atoms with Crippen molar-refractivity contribution in [3.05, 3.63) is 77.6 Å². The standard InChI is InChI=1S/C20H21N3OS/c1-14-9-10-15(2)17(13-14)22-19(24)18(16-7-5-4-6-8-16)25-20-21-11-12-23(20)3/h4-13,18H,1-3H3,(H,22,24)/t18-/m1/s1. The Kier molecular flexibility index (Phi) is 5.24. The Bertz CT molecular complexity index is 874. The fourth-order valence-corrected chi connectivity index (χ4v) is 3.56. The summed E-state index contributed by atoms with van der Waals surface area (Å²) in [7, 11) is 1.93. The first-order chi connectivity index (χ1) is 12.0. The zero-order valence-corrected chi connectivity index (χ0v) is 15.4. The van der Waals surface area contributed by atoms with E-state index in [2.05, 4.69) is 10.3 Å². The van der Waals surface area contributed by atoms with Gasteiger partial charge in [0, 0.05) is 25.1 Å². The van der Waals surface area contributed by atoms with Gasteiger partial charge >= 0.3 is 0 Å². The number of benzene rings is 2. The molecule has 0 unspecified atom stereocenters. The number of nitrogens with one attached hydrogen (secondary N) is 1. The smallest absolute Gasteiger partial charge is 0.242 e. The number of carbonyl (C=O) groups excluding carboxylic acids is 1. The minimum absolute atomic E-state index is 0.0482. The molecule has 0 aliphatic heterocycles. The third-order valence-electron chi connectivity index (χ3n) is 3.99. The average Bonchev–Trinajstić information content (AvgIpc) is 3.01. The van der Waals surface area contributed by atoms with Gasteiger partial charge in [-0.05, 0) is 36.6 Å². The number of aryl methyl sites for hydroxylation is 3. The SMILES string of the molecule is Cc1ccc(C)c(NC(=O)[C@H](Sc2nccn2C)c2ccccc2)c1. The van der Waals surface area contributed by atoms with Crippen LogP contribution in [0.4, 0.5) is 5.69 Å². The number of anilines is 1. The van der Waals surface area contributed by atoms with Crippen LogP contribution in [0.1, 0.15) is 21.9 Å². The van der Waals surface area contributed by atoms with Gasteiger partial charge in [0.15, 0.2) is 5.16 Å². The molecule has 0 spiro atoms. The minimum atomic E-state index is -0.373. The van der Waals surface area contributed by atoms with Crippen molar-refractivity contribution >= 4 is 23.4 Å². The van der Waals surface area contributed by atoms with E-state index in [4.69, 9.17) is 0 Å². The summed E-state index contributed by atoms with van der Waals surface area (Å²) in [5.74, 6) is -0.0482. The van der Waals surface area contributed by atoms with Crippen LogP contribution in [0.5, 0.6) is 0 Å². The van der Waals surface area contributed by atoms with Crippen molar-refractivity contribution in [1.82, 2.24) is 9.55 Å². The maximum absolute atomic E-state index is 13.0. The lowest BCUT2D eigenvalue weighted by Crippen LogP contribution is -2.20. The zero-order chi connectivity index (χ0) is 17.8. The highest BCUT2D eigenvalue weighted by Gasteiger charge is 2.24. The summed E-state index contributed by atoms with van der Waals surface area (Å²) in [6.45, 7) is 4.02. The first-order valence-electron chi connectivity index (χ1n) is 8.11. The van der Waals surface area contributed by atoms with Gasteiger partial charge in [-0.15, -0.1) is 0 Å². The molecule has 25 heavy (non-hydrogen) atoms. The maximum Gasteiger partial charge on any atom is 0.242 e. The number of carbonyl (C=O) groups is 1. The van der Waals surface area contributed by atoms with Gasteiger partial charge in [0.1, 0.15) is 5.25 Å². The molecule has 0 aliphatic carbocycles. The number of hydrogen-bond acceptors (Lipinski definition) is 3. The van der Waals surface area contributed by atoms with E-state index in [0.717, 1.165) is 27.5 Å². The van der Waals surface area contributed by atoms with Crippen molar-refractivity contribution in [3.8, 4) is 0 Å². The van der Waals surface area contributed by atoms with E-state index < -0.39 is 0 Å². The van der Waals surface area contributed by atoms with E-state index in [1.807, 2.05) is 80.2 Å². The van der Waals surface area contributed by atoms with Crippen molar-refractivity contribution in [2.24, 2.45) is 7.05 Å². The van der Waals surface area contributed by atoms with Crippen LogP contribution in [0.3, 0.4) is 0 Å². The largest absolute Gasteiger partial charge is 0.329 e. The van der Waals surface area contributed by atoms with E-state index in [9.17, 15) is 4.79 Å². The van der Waals surface area contributed by atoms with Gasteiger partial charge in [-0.3, -0.25) is 4.79 Å². The fraction of sp³-hybridized carbons (Fsp3) is 0.200. The van der Waals surface area contributed by atoms with Gasteiger partial charge in [0.2, 0.25) is 5.91 Å². The van der Waals surface area contributed by atoms with Crippen LogP contribution in [-0.2, 0) is 11.8 Å². The van der Waals surface area contributed by atoms with E-state index >= 15 is 0 Å². The second-order valence-corrected chi connectivity index (χ2v) is 7.11. The molecule has 1 heterocycles. The van der Waals surface area contributed by atoms with Crippen LogP contribution in [0.2, 0.25) is 0 Å². The summed E-state index contributed by atoms with van der Waals surface area (Å²) < 4.78 is 1.92. The number of nitrogens with zero attached hydrogens (tertiary/aromatic N) is 2. The predicted octanol–water partition coefficient (Wildman–Crippen LogP) is 4.51. The molecule has 3 aromatic rings. The quantitative estimate of drug-likeness (QED) is 0.688. The Balaban J connectivity index is 1.89. The molecule has 1 N–H and O–H groups in total. The van der Waals surface area contributed by atoms with Gasteiger partial charge in [-0.2, -0.15) is 0 Å². The highest BCUT2D eigenvalue weighted by Crippen LogP contribution is 2.35. The fourth-order valence-electron chi connectivity index (χ4n) is 2.54. The molecule has 0 aliphatic rings. The third-order valence-corrected chi connectivity index (χ3v) is 5.32. The number of thioether (sulfide) groups is 1. The molecule has 2 aromatic carbocycles. The minimum Gasteiger partial charge on any atom is -0.329 e. The topological polar surface area (TPSA) is 46.9 Å². The number of amides is 1. The molecule has 128 valence electrons. The highest BCUT2D eigenvalue weighted by molar-refractivity contribution is 8.00. The van der Waals surface area contributed by atoms with Gasteiger partial charge in [-0.25, -0.2) is 4.98 Å². The van der Waals surface area contributed by atoms with Gasteiger partial charge in [-0.1, -0.05) is 54.2 Å². The second-order valence-electron chi connectivity index (χ2n) is 6.04. The molecule has 0 bridgehead atoms. The van der Waals surface area contributed by atoms with Crippen LogP contribution in [0, 0.1) is 13.8 Å². The number of hydrogen-bond donors (Lipinski definition) is 1. The van der Waals surface area contributed by atoms with Crippen molar-refractivity contribution < 1.29 is 4.79 Å². The normalized spacial score (nSPS) is 12.0. The van der Waals surface area contributed by atoms with Gasteiger partial charge in [0.25, 0.3) is 0 Å². The first kappa shape index (κ1) is 17.3. The Hall–Kier alpha value is -2.53. The number of imidazole rings is 1. The first-order valence-corrected chi connectivity index (χ1v) is 8.99. The highest BCUT2D eigenvalue weighted by atomic mass is 32.2. The molecule has 0 saturated carbocycles. The third kappa shape index (κ3) is 4.12. The van der Waals surface area contributed by atoms with E-state index in [1.165, 1.54) is 11.8 Å². The van der Waals surface area contributed by atoms with Crippen molar-refractivity contribution in [3.63, 3.8) is 0 Å². The summed E-state index contributed by atoms with van der Waals surface area (Å²) in [5.41, 5.74) is 3.98. The molecule has 0 radical (unpaired) electrons. The molecule has 5 heteroatoms. The Morgan fingerprint density at radius 2 is 1.92 bits per heavy atom. The van der Waals surface area contributed by atoms with Crippen LogP contribution < -0.4 is 5.32 Å². The summed E-state index contributed by atoms with van der Waals surface area (Å²) in [6, 6.07) is 15.9. The van der Waals surface area contributed by atoms with Crippen LogP contribution >= 0.6 is 11.8 Å². The molecular weight excluding hydrogens is 330 g/mol. The van der Waals surface area contributed by atoms with Crippen LogP contribution in [0.15, 0.2) is 66.1 Å². The van der Waals surface area contributed by atoms with Crippen molar-refractivity contribution in [1.29, 1.82) is 0 Å². The lowest BCUT2D eigenvalue weighted by Gasteiger charge is -2.18. The zero-order valence-electron chi connectivity index (χ0n) is 14.6. The Labute approximate surface area is 152 Å². The summed E-state index contributed by atoms with van der Waals surface area (Å²) in [5, 5.41) is 3.52. The summed E-state index contributed by atoms with van der Waals surface area (Å²) >= 11 is 1.45. The van der Waals surface area contributed by atoms with E-state index in [-0.39, 0.29) is 11.2 Å². The predicted molar refractivity (Wildman–Crippen MR) is 103 cm³/mol. The molecule has 1 aromatic heterocycles. The Morgan fingerprint density at radius 1 is 1.16 bits per heavy atom. The number of rotatable bonds is 5. The van der Waals surface area contributed by atoms with Gasteiger partial charge in [0.05, 0.1) is 0 Å². The Morgan fingerprint density at radius 3 is 2.60 bits per heavy atom. The molecule has 0 saturated heterocycles. The number of aromatic nitrogens is 2. The molecule has 1 atom stereocenters. The van der Waals surface area contributed by atoms with Crippen LogP contribution in [0.25, 0.3) is 0 Å². The molecule has 1 amide bonds. The molecule has 4 nitrogen and oxygen atoms in total. The average molecular weight is 351 g/mol. The van der Waals surface area contributed by atoms with Crippen molar-refractivity contribution in [2.45, 2.75) is 24.3 Å². The van der Waals surface area contributed by atoms with Crippen LogP contribution in [-0.4, -0.2) is 15.5 Å². The van der Waals surface area contributed by atoms with E-state index in [1.54, 1.807) is 6.20 Å². The van der Waals surface area contributed by atoms with Gasteiger partial charge < -0.3 is 9.88 Å². The molecule has 3 rings (SSSR count). The maximum atomic E-state index is 13.0. The van der Waals surface area contributed by atoms with Crippen molar-refractivity contribution in [2.75, 3.05) is 5.32 Å². The molecular formula is C20H21N3OS. The lowest BCUT2D eigenvalue weighted by atomic mass is 10.1.